The van der Waals surface area contributed by atoms with Gasteiger partial charge >= 0.3 is 0 Å². The molecule has 4 heteroatoms. The molecular formula is C16H19FN2O. The molecular weight excluding hydrogens is 255 g/mol. The molecule has 0 aliphatic carbocycles. The van der Waals surface area contributed by atoms with E-state index in [1.807, 2.05) is 12.1 Å². The molecule has 0 saturated heterocycles. The zero-order chi connectivity index (χ0) is 14.4. The van der Waals surface area contributed by atoms with E-state index in [0.29, 0.717) is 17.9 Å². The number of benzene rings is 1. The van der Waals surface area contributed by atoms with Gasteiger partial charge in [0.1, 0.15) is 11.6 Å². The Kier molecular flexibility index (Phi) is 5.07. The van der Waals surface area contributed by atoms with Crippen LogP contribution < -0.4 is 10.5 Å². The summed E-state index contributed by atoms with van der Waals surface area (Å²) in [6.07, 6.45) is 5.32. The summed E-state index contributed by atoms with van der Waals surface area (Å²) in [6, 6.07) is 8.38. The van der Waals surface area contributed by atoms with Crippen LogP contribution in [0.5, 0.6) is 5.75 Å². The molecule has 1 atom stereocenters. The van der Waals surface area contributed by atoms with E-state index in [1.165, 1.54) is 11.6 Å². The third-order valence-corrected chi connectivity index (χ3v) is 3.08. The van der Waals surface area contributed by atoms with Crippen molar-refractivity contribution in [3.8, 4) is 5.75 Å². The lowest BCUT2D eigenvalue weighted by molar-refractivity contribution is 0.304. The number of halogens is 1. The maximum Gasteiger partial charge on any atom is 0.131 e. The Hall–Kier alpha value is -1.94. The van der Waals surface area contributed by atoms with Gasteiger partial charge in [-0.05, 0) is 49.6 Å². The Morgan fingerprint density at radius 1 is 1.25 bits per heavy atom. The van der Waals surface area contributed by atoms with Crippen molar-refractivity contribution in [3.05, 3.63) is 59.7 Å². The van der Waals surface area contributed by atoms with E-state index < -0.39 is 0 Å². The highest BCUT2D eigenvalue weighted by Crippen LogP contribution is 2.26. The van der Waals surface area contributed by atoms with Crippen LogP contribution in [0.25, 0.3) is 0 Å². The summed E-state index contributed by atoms with van der Waals surface area (Å²) in [5.74, 6) is 0.223. The molecule has 0 unspecified atom stereocenters. The van der Waals surface area contributed by atoms with Crippen molar-refractivity contribution < 1.29 is 9.13 Å². The van der Waals surface area contributed by atoms with Crippen molar-refractivity contribution in [3.63, 3.8) is 0 Å². The van der Waals surface area contributed by atoms with E-state index in [-0.39, 0.29) is 11.9 Å². The fourth-order valence-electron chi connectivity index (χ4n) is 2.09. The molecule has 2 aromatic rings. The lowest BCUT2D eigenvalue weighted by atomic mass is 10.1. The number of nitrogens with two attached hydrogens (primary N) is 1. The molecule has 2 N–H and O–H groups in total. The largest absolute Gasteiger partial charge is 0.493 e. The van der Waals surface area contributed by atoms with Gasteiger partial charge in [0.15, 0.2) is 0 Å². The highest BCUT2D eigenvalue weighted by Gasteiger charge is 2.13. The number of aromatic nitrogens is 1. The van der Waals surface area contributed by atoms with Crippen LogP contribution in [-0.2, 0) is 6.42 Å². The number of aryl methyl sites for hydroxylation is 1. The van der Waals surface area contributed by atoms with Crippen molar-refractivity contribution in [2.24, 2.45) is 5.73 Å². The average Bonchev–Trinajstić information content (AvgIpc) is 2.44. The van der Waals surface area contributed by atoms with Crippen molar-refractivity contribution in [1.82, 2.24) is 4.98 Å². The maximum absolute atomic E-state index is 13.7. The van der Waals surface area contributed by atoms with Gasteiger partial charge in [0.25, 0.3) is 0 Å². The minimum absolute atomic E-state index is 0.313. The summed E-state index contributed by atoms with van der Waals surface area (Å²) < 4.78 is 19.4. The van der Waals surface area contributed by atoms with Gasteiger partial charge in [-0.3, -0.25) is 4.98 Å². The lowest BCUT2D eigenvalue weighted by Gasteiger charge is -2.14. The summed E-state index contributed by atoms with van der Waals surface area (Å²) in [7, 11) is 0. The maximum atomic E-state index is 13.7. The van der Waals surface area contributed by atoms with Crippen LogP contribution >= 0.6 is 0 Å². The van der Waals surface area contributed by atoms with E-state index in [1.54, 1.807) is 31.5 Å². The number of hydrogen-bond donors (Lipinski definition) is 1. The van der Waals surface area contributed by atoms with Gasteiger partial charge < -0.3 is 10.5 Å². The molecule has 0 saturated carbocycles. The summed E-state index contributed by atoms with van der Waals surface area (Å²) in [6.45, 7) is 2.29. The number of rotatable bonds is 6. The Morgan fingerprint density at radius 2 is 2.00 bits per heavy atom. The molecule has 106 valence electrons. The Labute approximate surface area is 118 Å². The fraction of sp³-hybridized carbons (Fsp3) is 0.312. The smallest absolute Gasteiger partial charge is 0.131 e. The molecule has 0 spiro atoms. The van der Waals surface area contributed by atoms with Crippen molar-refractivity contribution in [1.29, 1.82) is 0 Å². The molecule has 0 aliphatic rings. The molecule has 0 fully saturated rings. The number of hydrogen-bond acceptors (Lipinski definition) is 3. The third kappa shape index (κ3) is 3.78. The second kappa shape index (κ2) is 7.01. The summed E-state index contributed by atoms with van der Waals surface area (Å²) in [4.78, 5) is 3.98. The van der Waals surface area contributed by atoms with Crippen LogP contribution in [0.2, 0.25) is 0 Å². The highest BCUT2D eigenvalue weighted by molar-refractivity contribution is 5.36. The summed E-state index contributed by atoms with van der Waals surface area (Å²) >= 11 is 0. The number of nitrogens with zero attached hydrogens (tertiary/aromatic N) is 1. The molecule has 2 rings (SSSR count). The summed E-state index contributed by atoms with van der Waals surface area (Å²) in [5.41, 5.74) is 7.44. The minimum Gasteiger partial charge on any atom is -0.493 e. The first kappa shape index (κ1) is 14.5. The van der Waals surface area contributed by atoms with Crippen LogP contribution in [-0.4, -0.2) is 11.6 Å². The molecule has 3 nitrogen and oxygen atoms in total. The van der Waals surface area contributed by atoms with Gasteiger partial charge in [0.2, 0.25) is 0 Å². The van der Waals surface area contributed by atoms with Gasteiger partial charge in [-0.2, -0.15) is 0 Å². The van der Waals surface area contributed by atoms with E-state index in [0.717, 1.165) is 12.8 Å². The minimum atomic E-state index is -0.383. The topological polar surface area (TPSA) is 48.1 Å². The first-order valence-electron chi connectivity index (χ1n) is 6.74. The Bertz CT molecular complexity index is 543. The SMILES string of the molecule is C[C@H](N)c1c(F)cccc1OCCCc1ccncc1. The van der Waals surface area contributed by atoms with E-state index in [4.69, 9.17) is 10.5 Å². The van der Waals surface area contributed by atoms with Crippen LogP contribution in [0.1, 0.15) is 30.5 Å². The standard InChI is InChI=1S/C16H19FN2O/c1-12(18)16-14(17)5-2-6-15(16)20-11-3-4-13-7-9-19-10-8-13/h2,5-10,12H,3-4,11,18H2,1H3/t12-/m0/s1. The normalized spacial score (nSPS) is 12.2. The van der Waals surface area contributed by atoms with Crippen molar-refractivity contribution in [2.75, 3.05) is 6.61 Å². The molecule has 1 aromatic carbocycles. The molecule has 1 heterocycles. The monoisotopic (exact) mass is 274 g/mol. The summed E-state index contributed by atoms with van der Waals surface area (Å²) in [5, 5.41) is 0. The van der Waals surface area contributed by atoms with Crippen LogP contribution in [0.3, 0.4) is 0 Å². The van der Waals surface area contributed by atoms with Gasteiger partial charge in [-0.15, -0.1) is 0 Å². The first-order chi connectivity index (χ1) is 9.68. The van der Waals surface area contributed by atoms with Crippen LogP contribution in [0.15, 0.2) is 42.7 Å². The quantitative estimate of drug-likeness (QED) is 0.823. The number of ether oxygens (including phenoxy) is 1. The zero-order valence-corrected chi connectivity index (χ0v) is 11.6. The second-order valence-corrected chi connectivity index (χ2v) is 4.75. The zero-order valence-electron chi connectivity index (χ0n) is 11.6. The first-order valence-corrected chi connectivity index (χ1v) is 6.74. The molecule has 0 amide bonds. The van der Waals surface area contributed by atoms with E-state index >= 15 is 0 Å². The van der Waals surface area contributed by atoms with Crippen molar-refractivity contribution >= 4 is 0 Å². The fourth-order valence-corrected chi connectivity index (χ4v) is 2.09. The lowest BCUT2D eigenvalue weighted by Crippen LogP contribution is -2.11. The molecule has 0 radical (unpaired) electrons. The molecule has 0 aliphatic heterocycles. The van der Waals surface area contributed by atoms with Crippen LogP contribution in [0.4, 0.5) is 4.39 Å². The Balaban J connectivity index is 1.90. The van der Waals surface area contributed by atoms with Gasteiger partial charge in [0.05, 0.1) is 6.61 Å². The van der Waals surface area contributed by atoms with Crippen LogP contribution in [0, 0.1) is 5.82 Å². The average molecular weight is 274 g/mol. The second-order valence-electron chi connectivity index (χ2n) is 4.75. The predicted molar refractivity (Wildman–Crippen MR) is 77.1 cm³/mol. The van der Waals surface area contributed by atoms with Crippen molar-refractivity contribution in [2.45, 2.75) is 25.8 Å². The Morgan fingerprint density at radius 3 is 2.70 bits per heavy atom. The van der Waals surface area contributed by atoms with E-state index in [2.05, 4.69) is 4.98 Å². The van der Waals surface area contributed by atoms with Gasteiger partial charge in [-0.25, -0.2) is 4.39 Å². The highest BCUT2D eigenvalue weighted by atomic mass is 19.1. The molecule has 1 aromatic heterocycles. The molecule has 20 heavy (non-hydrogen) atoms. The van der Waals surface area contributed by atoms with Gasteiger partial charge in [-0.1, -0.05) is 6.07 Å². The van der Waals surface area contributed by atoms with Gasteiger partial charge in [0, 0.05) is 24.0 Å². The predicted octanol–water partition coefficient (Wildman–Crippen LogP) is 3.25. The third-order valence-electron chi connectivity index (χ3n) is 3.08. The number of pyridine rings is 1. The molecule has 0 bridgehead atoms. The van der Waals surface area contributed by atoms with E-state index in [9.17, 15) is 4.39 Å².